The van der Waals surface area contributed by atoms with Gasteiger partial charge in [0.15, 0.2) is 5.69 Å². The summed E-state index contributed by atoms with van der Waals surface area (Å²) in [5.74, 6) is 0.700. The molecule has 1 aromatic heterocycles. The molecule has 0 spiro atoms. The Hall–Kier alpha value is -2.43. The Labute approximate surface area is 92.4 Å². The van der Waals surface area contributed by atoms with E-state index in [0.717, 1.165) is 0 Å². The number of nitrogens with two attached hydrogens (primary N) is 1. The van der Waals surface area contributed by atoms with Gasteiger partial charge >= 0.3 is 0 Å². The number of rotatable bonds is 3. The molecule has 0 saturated heterocycles. The van der Waals surface area contributed by atoms with Gasteiger partial charge in [-0.05, 0) is 12.1 Å². The third-order valence-corrected chi connectivity index (χ3v) is 1.88. The zero-order valence-electron chi connectivity index (χ0n) is 8.42. The van der Waals surface area contributed by atoms with Gasteiger partial charge in [-0.2, -0.15) is 0 Å². The summed E-state index contributed by atoms with van der Waals surface area (Å²) in [4.78, 5) is 7.93. The number of hydrogen-bond donors (Lipinski definition) is 2. The molecule has 5 heteroatoms. The van der Waals surface area contributed by atoms with E-state index in [0.29, 0.717) is 5.75 Å². The van der Waals surface area contributed by atoms with E-state index >= 15 is 0 Å². The van der Waals surface area contributed by atoms with Crippen LogP contribution in [0.3, 0.4) is 0 Å². The SMILES string of the molecule is N=C(N)c1nccnc1Oc1ccccc1. The van der Waals surface area contributed by atoms with E-state index in [-0.39, 0.29) is 17.4 Å². The Bertz CT molecular complexity index is 498. The lowest BCUT2D eigenvalue weighted by Gasteiger charge is -2.07. The van der Waals surface area contributed by atoms with E-state index in [4.69, 9.17) is 15.9 Å². The second kappa shape index (κ2) is 4.39. The molecule has 0 aliphatic carbocycles. The van der Waals surface area contributed by atoms with Crippen molar-refractivity contribution in [3.8, 4) is 11.6 Å². The van der Waals surface area contributed by atoms with Crippen molar-refractivity contribution in [2.75, 3.05) is 0 Å². The van der Waals surface area contributed by atoms with Crippen LogP contribution in [0.4, 0.5) is 0 Å². The molecule has 3 N–H and O–H groups in total. The van der Waals surface area contributed by atoms with Crippen LogP contribution >= 0.6 is 0 Å². The minimum absolute atomic E-state index is 0.168. The van der Waals surface area contributed by atoms with Crippen molar-refractivity contribution in [1.82, 2.24) is 9.97 Å². The maximum Gasteiger partial charge on any atom is 0.249 e. The first kappa shape index (κ1) is 10.1. The van der Waals surface area contributed by atoms with Crippen LogP contribution in [-0.4, -0.2) is 15.8 Å². The Morgan fingerprint density at radius 3 is 2.50 bits per heavy atom. The molecule has 1 aromatic carbocycles. The molecule has 1 heterocycles. The second-order valence-corrected chi connectivity index (χ2v) is 3.04. The highest BCUT2D eigenvalue weighted by Gasteiger charge is 2.09. The topological polar surface area (TPSA) is 84.9 Å². The fourth-order valence-corrected chi connectivity index (χ4v) is 1.18. The fourth-order valence-electron chi connectivity index (χ4n) is 1.18. The first-order valence-electron chi connectivity index (χ1n) is 4.65. The number of ether oxygens (including phenoxy) is 1. The van der Waals surface area contributed by atoms with Crippen molar-refractivity contribution in [3.05, 3.63) is 48.4 Å². The minimum atomic E-state index is -0.168. The fraction of sp³-hybridized carbons (Fsp3) is 0. The van der Waals surface area contributed by atoms with E-state index in [2.05, 4.69) is 9.97 Å². The van der Waals surface area contributed by atoms with Crippen LogP contribution in [0.25, 0.3) is 0 Å². The monoisotopic (exact) mass is 214 g/mol. The Kier molecular flexibility index (Phi) is 2.77. The molecule has 0 atom stereocenters. The van der Waals surface area contributed by atoms with Crippen LogP contribution in [0.5, 0.6) is 11.6 Å². The van der Waals surface area contributed by atoms with Gasteiger partial charge in [0, 0.05) is 12.4 Å². The molecule has 80 valence electrons. The van der Waals surface area contributed by atoms with Gasteiger partial charge in [0.2, 0.25) is 5.88 Å². The molecule has 16 heavy (non-hydrogen) atoms. The molecule has 0 amide bonds. The standard InChI is InChI=1S/C11H10N4O/c12-10(13)9-11(15-7-6-14-9)16-8-4-2-1-3-5-8/h1-7H,(H3,12,13). The quantitative estimate of drug-likeness (QED) is 0.599. The molecule has 2 aromatic rings. The van der Waals surface area contributed by atoms with Crippen LogP contribution in [0.2, 0.25) is 0 Å². The highest BCUT2D eigenvalue weighted by molar-refractivity contribution is 5.95. The third kappa shape index (κ3) is 2.14. The Morgan fingerprint density at radius 2 is 1.81 bits per heavy atom. The van der Waals surface area contributed by atoms with Gasteiger partial charge in [0.25, 0.3) is 0 Å². The van der Waals surface area contributed by atoms with Crippen LogP contribution in [0.15, 0.2) is 42.7 Å². The number of aromatic nitrogens is 2. The van der Waals surface area contributed by atoms with Crippen molar-refractivity contribution in [3.63, 3.8) is 0 Å². The van der Waals surface area contributed by atoms with E-state index in [1.807, 2.05) is 18.2 Å². The smallest absolute Gasteiger partial charge is 0.249 e. The van der Waals surface area contributed by atoms with Crippen LogP contribution in [0, 0.1) is 5.41 Å². The molecule has 0 fully saturated rings. The average molecular weight is 214 g/mol. The normalized spacial score (nSPS) is 9.75. The lowest BCUT2D eigenvalue weighted by molar-refractivity contribution is 0.458. The van der Waals surface area contributed by atoms with Gasteiger partial charge in [0.1, 0.15) is 11.6 Å². The van der Waals surface area contributed by atoms with Gasteiger partial charge in [0.05, 0.1) is 0 Å². The highest BCUT2D eigenvalue weighted by Crippen LogP contribution is 2.20. The van der Waals surface area contributed by atoms with E-state index in [1.54, 1.807) is 12.1 Å². The summed E-state index contributed by atoms with van der Waals surface area (Å²) >= 11 is 0. The first-order chi connectivity index (χ1) is 7.77. The summed E-state index contributed by atoms with van der Waals surface area (Å²) in [6.45, 7) is 0. The average Bonchev–Trinajstić information content (AvgIpc) is 2.31. The Morgan fingerprint density at radius 1 is 1.12 bits per heavy atom. The molecule has 0 radical (unpaired) electrons. The first-order valence-corrected chi connectivity index (χ1v) is 4.65. The van der Waals surface area contributed by atoms with Gasteiger partial charge in [-0.15, -0.1) is 0 Å². The van der Waals surface area contributed by atoms with Crippen molar-refractivity contribution in [2.24, 2.45) is 5.73 Å². The summed E-state index contributed by atoms with van der Waals surface area (Å²) in [6.07, 6.45) is 2.96. The van der Waals surface area contributed by atoms with Crippen LogP contribution < -0.4 is 10.5 Å². The van der Waals surface area contributed by atoms with Crippen molar-refractivity contribution in [2.45, 2.75) is 0 Å². The van der Waals surface area contributed by atoms with Gasteiger partial charge in [-0.1, -0.05) is 18.2 Å². The molecular weight excluding hydrogens is 204 g/mol. The largest absolute Gasteiger partial charge is 0.437 e. The zero-order chi connectivity index (χ0) is 11.4. The number of amidine groups is 1. The zero-order valence-corrected chi connectivity index (χ0v) is 8.42. The maximum absolute atomic E-state index is 7.34. The molecule has 0 aliphatic heterocycles. The van der Waals surface area contributed by atoms with Gasteiger partial charge in [-0.25, -0.2) is 9.97 Å². The molecule has 0 aliphatic rings. The number of benzene rings is 1. The number of nitrogens with zero attached hydrogens (tertiary/aromatic N) is 2. The van der Waals surface area contributed by atoms with Gasteiger partial charge < -0.3 is 10.5 Å². The third-order valence-electron chi connectivity index (χ3n) is 1.88. The van der Waals surface area contributed by atoms with E-state index in [9.17, 15) is 0 Å². The number of hydrogen-bond acceptors (Lipinski definition) is 4. The molecule has 0 saturated carbocycles. The summed E-state index contributed by atoms with van der Waals surface area (Å²) in [5.41, 5.74) is 5.61. The van der Waals surface area contributed by atoms with Gasteiger partial charge in [-0.3, -0.25) is 5.41 Å². The molecule has 0 unspecified atom stereocenters. The molecular formula is C11H10N4O. The summed E-state index contributed by atoms with van der Waals surface area (Å²) in [6, 6.07) is 9.16. The summed E-state index contributed by atoms with van der Waals surface area (Å²) < 4.78 is 5.48. The van der Waals surface area contributed by atoms with Crippen molar-refractivity contribution < 1.29 is 4.74 Å². The summed E-state index contributed by atoms with van der Waals surface area (Å²) in [7, 11) is 0. The number of nitrogen functional groups attached to an aromatic ring is 1. The lowest BCUT2D eigenvalue weighted by Crippen LogP contribution is -2.14. The predicted molar refractivity (Wildman–Crippen MR) is 59.6 cm³/mol. The van der Waals surface area contributed by atoms with Crippen LogP contribution in [0.1, 0.15) is 5.69 Å². The lowest BCUT2D eigenvalue weighted by atomic mass is 10.3. The second-order valence-electron chi connectivity index (χ2n) is 3.04. The number of para-hydroxylation sites is 1. The predicted octanol–water partition coefficient (Wildman–Crippen LogP) is 1.55. The number of nitrogens with one attached hydrogen (secondary N) is 1. The molecule has 0 bridgehead atoms. The highest BCUT2D eigenvalue weighted by atomic mass is 16.5. The summed E-state index contributed by atoms with van der Waals surface area (Å²) in [5, 5.41) is 7.34. The minimum Gasteiger partial charge on any atom is -0.437 e. The van der Waals surface area contributed by atoms with Crippen LogP contribution in [-0.2, 0) is 0 Å². The van der Waals surface area contributed by atoms with Crippen molar-refractivity contribution in [1.29, 1.82) is 5.41 Å². The maximum atomic E-state index is 7.34. The molecule has 5 nitrogen and oxygen atoms in total. The van der Waals surface area contributed by atoms with E-state index < -0.39 is 0 Å². The van der Waals surface area contributed by atoms with E-state index in [1.165, 1.54) is 12.4 Å². The Balaban J connectivity index is 2.31. The van der Waals surface area contributed by atoms with Crippen molar-refractivity contribution >= 4 is 5.84 Å². The molecule has 2 rings (SSSR count).